The van der Waals surface area contributed by atoms with Gasteiger partial charge in [-0.1, -0.05) is 37.6 Å². The number of fused-ring (bicyclic) bond motifs is 2. The zero-order chi connectivity index (χ0) is 25.7. The molecule has 1 saturated carbocycles. The lowest BCUT2D eigenvalue weighted by molar-refractivity contribution is 0.0696. The van der Waals surface area contributed by atoms with Crippen LogP contribution in [0, 0.1) is 25.7 Å². The molecule has 6 rings (SSSR count). The van der Waals surface area contributed by atoms with E-state index in [4.69, 9.17) is 4.98 Å². The smallest absolute Gasteiger partial charge is 0.274 e. The van der Waals surface area contributed by atoms with E-state index in [1.165, 1.54) is 23.3 Å². The summed E-state index contributed by atoms with van der Waals surface area (Å²) in [6, 6.07) is 8.41. The molecular weight excluding hydrogens is 502 g/mol. The maximum absolute atomic E-state index is 14.0. The number of hydrogen-bond acceptors (Lipinski definition) is 6. The molecule has 0 spiro atoms. The number of nitrogens with one attached hydrogen (secondary N) is 1. The molecule has 1 saturated heterocycles. The van der Waals surface area contributed by atoms with Crippen LogP contribution in [-0.4, -0.2) is 50.2 Å². The first-order valence-corrected chi connectivity index (χ1v) is 14.7. The molecule has 1 aliphatic carbocycles. The van der Waals surface area contributed by atoms with E-state index in [0.29, 0.717) is 29.8 Å². The first-order valence-electron chi connectivity index (χ1n) is 13.0. The summed E-state index contributed by atoms with van der Waals surface area (Å²) in [4.78, 5) is 40.2. The van der Waals surface area contributed by atoms with E-state index < -0.39 is 0 Å². The first-order chi connectivity index (χ1) is 17.9. The Morgan fingerprint density at radius 1 is 1.14 bits per heavy atom. The molecule has 4 heterocycles. The van der Waals surface area contributed by atoms with Gasteiger partial charge in [0.1, 0.15) is 11.4 Å². The number of nitrogens with zero attached hydrogens (tertiary/aromatic N) is 4. The van der Waals surface area contributed by atoms with E-state index in [-0.39, 0.29) is 17.9 Å². The Labute approximate surface area is 224 Å². The van der Waals surface area contributed by atoms with Crippen LogP contribution in [0.15, 0.2) is 35.8 Å². The van der Waals surface area contributed by atoms with Gasteiger partial charge in [0.2, 0.25) is 0 Å². The fourth-order valence-electron chi connectivity index (χ4n) is 6.16. The molecule has 3 atom stereocenters. The first kappa shape index (κ1) is 24.3. The highest BCUT2D eigenvalue weighted by atomic mass is 32.1. The monoisotopic (exact) mass is 533 g/mol. The number of likely N-dealkylation sites (tertiary alicyclic amines) is 1. The van der Waals surface area contributed by atoms with Crippen molar-refractivity contribution in [3.8, 4) is 10.4 Å². The number of aromatic nitrogens is 3. The third-order valence-electron chi connectivity index (χ3n) is 7.99. The van der Waals surface area contributed by atoms with E-state index in [0.717, 1.165) is 51.9 Å². The van der Waals surface area contributed by atoms with Crippen molar-refractivity contribution in [3.63, 3.8) is 0 Å². The van der Waals surface area contributed by atoms with Crippen LogP contribution >= 0.6 is 22.7 Å². The van der Waals surface area contributed by atoms with Gasteiger partial charge >= 0.3 is 0 Å². The predicted octanol–water partition coefficient (Wildman–Crippen LogP) is 5.37. The zero-order valence-corrected chi connectivity index (χ0v) is 23.0. The van der Waals surface area contributed by atoms with E-state index >= 15 is 0 Å². The number of imidazole rings is 1. The van der Waals surface area contributed by atoms with Crippen LogP contribution in [0.3, 0.4) is 0 Å². The molecule has 2 amide bonds. The van der Waals surface area contributed by atoms with Crippen LogP contribution in [0.1, 0.15) is 63.4 Å². The van der Waals surface area contributed by atoms with Crippen molar-refractivity contribution in [2.75, 3.05) is 13.1 Å². The summed E-state index contributed by atoms with van der Waals surface area (Å²) < 4.78 is 1.85. The molecule has 3 aromatic heterocycles. The van der Waals surface area contributed by atoms with Crippen LogP contribution < -0.4 is 5.32 Å². The van der Waals surface area contributed by atoms with Crippen molar-refractivity contribution in [3.05, 3.63) is 63.5 Å². The SMILES string of the molecule is CCc1ccc(-c2sc(C)nc2C(=O)N2C[C@@H]3CCC[C@@H]3[C@H]2CNC(=O)c2c(C)nc3sccn23)cc1. The third-order valence-corrected chi connectivity index (χ3v) is 9.77. The molecule has 0 unspecified atom stereocenters. The summed E-state index contributed by atoms with van der Waals surface area (Å²) >= 11 is 3.09. The van der Waals surface area contributed by atoms with Crippen LogP contribution in [-0.2, 0) is 6.42 Å². The third kappa shape index (κ3) is 4.28. The quantitative estimate of drug-likeness (QED) is 0.361. The van der Waals surface area contributed by atoms with E-state index in [9.17, 15) is 9.59 Å². The molecule has 2 fully saturated rings. The highest BCUT2D eigenvalue weighted by Gasteiger charge is 2.47. The van der Waals surface area contributed by atoms with Crippen molar-refractivity contribution in [2.45, 2.75) is 52.5 Å². The van der Waals surface area contributed by atoms with Crippen LogP contribution in [0.25, 0.3) is 15.4 Å². The van der Waals surface area contributed by atoms with Gasteiger partial charge in [0.25, 0.3) is 11.8 Å². The zero-order valence-electron chi connectivity index (χ0n) is 21.4. The predicted molar refractivity (Wildman–Crippen MR) is 147 cm³/mol. The molecule has 1 aromatic carbocycles. The fourth-order valence-corrected chi connectivity index (χ4v) is 7.83. The minimum Gasteiger partial charge on any atom is -0.349 e. The molecule has 192 valence electrons. The average molecular weight is 534 g/mol. The van der Waals surface area contributed by atoms with Gasteiger partial charge in [0.05, 0.1) is 21.6 Å². The Morgan fingerprint density at radius 3 is 2.73 bits per heavy atom. The van der Waals surface area contributed by atoms with E-state index in [1.807, 2.05) is 34.7 Å². The molecular formula is C28H31N5O2S2. The lowest BCUT2D eigenvalue weighted by Gasteiger charge is -2.28. The molecule has 9 heteroatoms. The number of hydrogen-bond donors (Lipinski definition) is 1. The van der Waals surface area contributed by atoms with E-state index in [2.05, 4.69) is 41.5 Å². The molecule has 4 aromatic rings. The van der Waals surface area contributed by atoms with Crippen LogP contribution in [0.2, 0.25) is 0 Å². The Kier molecular flexibility index (Phi) is 6.36. The molecule has 0 radical (unpaired) electrons. The molecule has 1 aliphatic heterocycles. The maximum atomic E-state index is 14.0. The highest BCUT2D eigenvalue weighted by molar-refractivity contribution is 7.15. The summed E-state index contributed by atoms with van der Waals surface area (Å²) in [6.45, 7) is 7.13. The van der Waals surface area contributed by atoms with E-state index in [1.54, 1.807) is 11.3 Å². The summed E-state index contributed by atoms with van der Waals surface area (Å²) in [7, 11) is 0. The summed E-state index contributed by atoms with van der Waals surface area (Å²) in [6.07, 6.45) is 6.28. The standard InChI is InChI=1S/C28H31N5O2S2/c1-4-18-8-10-19(11-9-18)25-23(31-17(3)37-25)27(35)33-15-20-6-5-7-21(20)22(33)14-29-26(34)24-16(2)30-28-32(24)12-13-36-28/h8-13,20-22H,4-7,14-15H2,1-3H3,(H,29,34)/t20-,21-,22+/m0/s1. The lowest BCUT2D eigenvalue weighted by Crippen LogP contribution is -2.46. The molecule has 0 bridgehead atoms. The van der Waals surface area contributed by atoms with Crippen molar-refractivity contribution in [2.24, 2.45) is 11.8 Å². The highest BCUT2D eigenvalue weighted by Crippen LogP contribution is 2.43. The Hall–Kier alpha value is -3.04. The molecule has 2 aliphatic rings. The number of rotatable bonds is 6. The number of benzene rings is 1. The second kappa shape index (κ2) is 9.68. The van der Waals surface area contributed by atoms with Gasteiger partial charge in [-0.2, -0.15) is 0 Å². The van der Waals surface area contributed by atoms with Crippen molar-refractivity contribution in [1.29, 1.82) is 0 Å². The van der Waals surface area contributed by atoms with Crippen molar-refractivity contribution < 1.29 is 9.59 Å². The number of carbonyl (C=O) groups excluding carboxylic acids is 2. The summed E-state index contributed by atoms with van der Waals surface area (Å²) in [5.74, 6) is 0.730. The number of carbonyl (C=O) groups is 2. The average Bonchev–Trinajstić information content (AvgIpc) is 3.69. The second-order valence-corrected chi connectivity index (χ2v) is 12.2. The molecule has 37 heavy (non-hydrogen) atoms. The van der Waals surface area contributed by atoms with Gasteiger partial charge in [-0.25, -0.2) is 9.97 Å². The van der Waals surface area contributed by atoms with Gasteiger partial charge in [-0.15, -0.1) is 22.7 Å². The molecule has 1 N–H and O–H groups in total. The summed E-state index contributed by atoms with van der Waals surface area (Å²) in [5.41, 5.74) is 4.14. The minimum absolute atomic E-state index is 0.0201. The summed E-state index contributed by atoms with van der Waals surface area (Å²) in [5, 5.41) is 5.98. The van der Waals surface area contributed by atoms with Gasteiger partial charge in [0, 0.05) is 24.7 Å². The van der Waals surface area contributed by atoms with Crippen molar-refractivity contribution >= 4 is 39.4 Å². The van der Waals surface area contributed by atoms with Gasteiger partial charge in [-0.05, 0) is 56.1 Å². The van der Waals surface area contributed by atoms with Gasteiger partial charge in [0.15, 0.2) is 4.96 Å². The van der Waals surface area contributed by atoms with Crippen LogP contribution in [0.5, 0.6) is 0 Å². The number of amides is 2. The van der Waals surface area contributed by atoms with Crippen molar-refractivity contribution in [1.82, 2.24) is 24.6 Å². The van der Waals surface area contributed by atoms with Gasteiger partial charge in [-0.3, -0.25) is 14.0 Å². The Bertz CT molecular complexity index is 1470. The normalized spacial score (nSPS) is 21.1. The van der Waals surface area contributed by atoms with Crippen LogP contribution in [0.4, 0.5) is 0 Å². The largest absolute Gasteiger partial charge is 0.349 e. The second-order valence-electron chi connectivity index (χ2n) is 10.2. The lowest BCUT2D eigenvalue weighted by atomic mass is 9.94. The van der Waals surface area contributed by atoms with Gasteiger partial charge < -0.3 is 10.2 Å². The fraction of sp³-hybridized carbons (Fsp3) is 0.429. The Balaban J connectivity index is 1.26. The Morgan fingerprint density at radius 2 is 1.95 bits per heavy atom. The molecule has 7 nitrogen and oxygen atoms in total. The topological polar surface area (TPSA) is 79.6 Å². The number of thiazole rings is 2. The minimum atomic E-state index is -0.140. The number of aryl methyl sites for hydroxylation is 3. The maximum Gasteiger partial charge on any atom is 0.274 e.